The number of amides is 1. The molecule has 2 N–H and O–H groups in total. The van der Waals surface area contributed by atoms with E-state index < -0.39 is 0 Å². The fourth-order valence-electron chi connectivity index (χ4n) is 3.39. The Kier molecular flexibility index (Phi) is 4.88. The molecule has 0 radical (unpaired) electrons. The van der Waals surface area contributed by atoms with Gasteiger partial charge in [-0.3, -0.25) is 4.79 Å². The number of aromatic nitrogens is 1. The quantitative estimate of drug-likeness (QED) is 0.448. The highest BCUT2D eigenvalue weighted by molar-refractivity contribution is 6.31. The Labute approximate surface area is 167 Å². The summed E-state index contributed by atoms with van der Waals surface area (Å²) < 4.78 is 13.9. The van der Waals surface area contributed by atoms with Crippen molar-refractivity contribution in [3.05, 3.63) is 94.4 Å². The molecule has 1 heterocycles. The number of benzene rings is 3. The molecule has 0 saturated carbocycles. The first-order valence-electron chi connectivity index (χ1n) is 8.93. The average Bonchev–Trinajstić information content (AvgIpc) is 3.07. The lowest BCUT2D eigenvalue weighted by Crippen LogP contribution is -2.24. The standard InChI is InChI=1S/C23H18ClFN2O/c1-14-6-5-9-19(24)18(14)13-26-23(28)22-21(15-7-3-2-4-8-15)17-12-16(25)10-11-20(17)27-22/h2-12,27H,13H2,1H3,(H,26,28). The van der Waals surface area contributed by atoms with Gasteiger partial charge in [-0.25, -0.2) is 4.39 Å². The monoisotopic (exact) mass is 392 g/mol. The molecule has 5 heteroatoms. The maximum Gasteiger partial charge on any atom is 0.268 e. The molecule has 3 aromatic carbocycles. The second-order valence-electron chi connectivity index (χ2n) is 6.65. The fraction of sp³-hybridized carbons (Fsp3) is 0.0870. The highest BCUT2D eigenvalue weighted by Gasteiger charge is 2.20. The van der Waals surface area contributed by atoms with E-state index in [0.29, 0.717) is 33.7 Å². The molecular formula is C23H18ClFN2O. The van der Waals surface area contributed by atoms with Crippen molar-refractivity contribution < 1.29 is 9.18 Å². The highest BCUT2D eigenvalue weighted by atomic mass is 35.5. The van der Waals surface area contributed by atoms with Crippen molar-refractivity contribution in [2.75, 3.05) is 0 Å². The van der Waals surface area contributed by atoms with E-state index in [9.17, 15) is 9.18 Å². The van der Waals surface area contributed by atoms with Crippen molar-refractivity contribution in [1.29, 1.82) is 0 Å². The van der Waals surface area contributed by atoms with Gasteiger partial charge in [-0.1, -0.05) is 54.1 Å². The van der Waals surface area contributed by atoms with Crippen LogP contribution in [0.2, 0.25) is 5.02 Å². The number of H-pyrrole nitrogens is 1. The van der Waals surface area contributed by atoms with E-state index in [0.717, 1.165) is 16.7 Å². The lowest BCUT2D eigenvalue weighted by atomic mass is 10.0. The molecule has 0 aliphatic carbocycles. The molecule has 1 aromatic heterocycles. The minimum absolute atomic E-state index is 0.269. The van der Waals surface area contributed by atoms with Crippen LogP contribution in [0.1, 0.15) is 21.6 Å². The third-order valence-corrected chi connectivity index (χ3v) is 5.18. The van der Waals surface area contributed by atoms with Gasteiger partial charge in [0.25, 0.3) is 5.91 Å². The zero-order valence-corrected chi connectivity index (χ0v) is 16.0. The summed E-state index contributed by atoms with van der Waals surface area (Å²) in [6, 6.07) is 19.6. The van der Waals surface area contributed by atoms with Gasteiger partial charge in [-0.15, -0.1) is 0 Å². The van der Waals surface area contributed by atoms with Crippen LogP contribution in [0.5, 0.6) is 0 Å². The maximum atomic E-state index is 13.9. The molecule has 4 rings (SSSR count). The number of aryl methyl sites for hydroxylation is 1. The molecule has 0 saturated heterocycles. The van der Waals surface area contributed by atoms with Crippen LogP contribution in [-0.4, -0.2) is 10.9 Å². The summed E-state index contributed by atoms with van der Waals surface area (Å²) in [5.41, 5.74) is 4.52. The van der Waals surface area contributed by atoms with Crippen LogP contribution in [0.4, 0.5) is 4.39 Å². The van der Waals surface area contributed by atoms with Crippen molar-refractivity contribution in [3.8, 4) is 11.1 Å². The summed E-state index contributed by atoms with van der Waals surface area (Å²) in [6.45, 7) is 2.26. The maximum absolute atomic E-state index is 13.9. The predicted molar refractivity (Wildman–Crippen MR) is 111 cm³/mol. The number of hydrogen-bond donors (Lipinski definition) is 2. The second-order valence-corrected chi connectivity index (χ2v) is 7.06. The lowest BCUT2D eigenvalue weighted by molar-refractivity contribution is 0.0947. The van der Waals surface area contributed by atoms with Crippen molar-refractivity contribution in [2.45, 2.75) is 13.5 Å². The van der Waals surface area contributed by atoms with E-state index in [-0.39, 0.29) is 11.7 Å². The first kappa shape index (κ1) is 18.3. The van der Waals surface area contributed by atoms with E-state index in [2.05, 4.69) is 10.3 Å². The summed E-state index contributed by atoms with van der Waals surface area (Å²) in [4.78, 5) is 16.2. The van der Waals surface area contributed by atoms with Crippen LogP contribution in [0.3, 0.4) is 0 Å². The van der Waals surface area contributed by atoms with Gasteiger partial charge >= 0.3 is 0 Å². The van der Waals surface area contributed by atoms with Gasteiger partial charge < -0.3 is 10.3 Å². The zero-order valence-electron chi connectivity index (χ0n) is 15.2. The van der Waals surface area contributed by atoms with Gasteiger partial charge in [0.05, 0.1) is 0 Å². The van der Waals surface area contributed by atoms with Crippen molar-refractivity contribution in [1.82, 2.24) is 10.3 Å². The SMILES string of the molecule is Cc1cccc(Cl)c1CNC(=O)c1[nH]c2ccc(F)cc2c1-c1ccccc1. The smallest absolute Gasteiger partial charge is 0.268 e. The number of nitrogens with one attached hydrogen (secondary N) is 2. The Morgan fingerprint density at radius 2 is 1.86 bits per heavy atom. The lowest BCUT2D eigenvalue weighted by Gasteiger charge is -2.10. The number of aromatic amines is 1. The van der Waals surface area contributed by atoms with Crippen molar-refractivity contribution >= 4 is 28.4 Å². The molecule has 0 bridgehead atoms. The summed E-state index contributed by atoms with van der Waals surface area (Å²) in [6.07, 6.45) is 0. The molecule has 0 unspecified atom stereocenters. The number of carbonyl (C=O) groups excluding carboxylic acids is 1. The third kappa shape index (κ3) is 3.39. The molecule has 0 aliphatic heterocycles. The number of rotatable bonds is 4. The first-order valence-corrected chi connectivity index (χ1v) is 9.31. The number of carbonyl (C=O) groups is 1. The van der Waals surface area contributed by atoms with E-state index in [1.165, 1.54) is 12.1 Å². The van der Waals surface area contributed by atoms with Gasteiger partial charge in [0, 0.05) is 28.0 Å². The Morgan fingerprint density at radius 3 is 2.61 bits per heavy atom. The van der Waals surface area contributed by atoms with E-state index in [1.807, 2.05) is 49.4 Å². The van der Waals surface area contributed by atoms with Crippen LogP contribution in [0.15, 0.2) is 66.7 Å². The Balaban J connectivity index is 1.75. The molecule has 0 fully saturated rings. The van der Waals surface area contributed by atoms with Crippen LogP contribution in [0.25, 0.3) is 22.0 Å². The van der Waals surface area contributed by atoms with Gasteiger partial charge in [0.1, 0.15) is 11.5 Å². The molecule has 4 aromatic rings. The van der Waals surface area contributed by atoms with E-state index in [4.69, 9.17) is 11.6 Å². The molecule has 0 atom stereocenters. The van der Waals surface area contributed by atoms with E-state index >= 15 is 0 Å². The Morgan fingerprint density at radius 1 is 1.07 bits per heavy atom. The molecule has 3 nitrogen and oxygen atoms in total. The third-order valence-electron chi connectivity index (χ3n) is 4.83. The summed E-state index contributed by atoms with van der Waals surface area (Å²) in [7, 11) is 0. The van der Waals surface area contributed by atoms with Crippen LogP contribution >= 0.6 is 11.6 Å². The second kappa shape index (κ2) is 7.49. The number of fused-ring (bicyclic) bond motifs is 1. The van der Waals surface area contributed by atoms with Gasteiger partial charge in [-0.2, -0.15) is 0 Å². The number of hydrogen-bond acceptors (Lipinski definition) is 1. The average molecular weight is 393 g/mol. The number of halogens is 2. The van der Waals surface area contributed by atoms with Crippen LogP contribution in [-0.2, 0) is 6.54 Å². The zero-order chi connectivity index (χ0) is 19.7. The molecule has 0 spiro atoms. The summed E-state index contributed by atoms with van der Waals surface area (Å²) in [5.74, 6) is -0.614. The predicted octanol–water partition coefficient (Wildman–Crippen LogP) is 5.87. The molecule has 0 aliphatic rings. The minimum Gasteiger partial charge on any atom is -0.350 e. The van der Waals surface area contributed by atoms with Crippen LogP contribution < -0.4 is 5.32 Å². The summed E-state index contributed by atoms with van der Waals surface area (Å²) in [5, 5.41) is 4.22. The minimum atomic E-state index is -0.345. The Hall–Kier alpha value is -3.11. The van der Waals surface area contributed by atoms with Crippen LogP contribution in [0, 0.1) is 12.7 Å². The van der Waals surface area contributed by atoms with Crippen molar-refractivity contribution in [2.24, 2.45) is 0 Å². The molecule has 28 heavy (non-hydrogen) atoms. The van der Waals surface area contributed by atoms with E-state index in [1.54, 1.807) is 12.1 Å². The normalized spacial score (nSPS) is 11.0. The topological polar surface area (TPSA) is 44.9 Å². The van der Waals surface area contributed by atoms with Gasteiger partial charge in [-0.05, 0) is 47.9 Å². The molecule has 1 amide bonds. The Bertz CT molecular complexity index is 1150. The highest BCUT2D eigenvalue weighted by Crippen LogP contribution is 2.33. The molecular weight excluding hydrogens is 375 g/mol. The first-order chi connectivity index (χ1) is 13.5. The summed E-state index contributed by atoms with van der Waals surface area (Å²) >= 11 is 6.27. The van der Waals surface area contributed by atoms with Gasteiger partial charge in [0.15, 0.2) is 0 Å². The largest absolute Gasteiger partial charge is 0.350 e. The van der Waals surface area contributed by atoms with Gasteiger partial charge in [0.2, 0.25) is 0 Å². The molecule has 140 valence electrons. The fourth-order valence-corrected chi connectivity index (χ4v) is 3.68. The van der Waals surface area contributed by atoms with Crippen molar-refractivity contribution in [3.63, 3.8) is 0 Å².